The first-order valence-corrected chi connectivity index (χ1v) is 6.66. The van der Waals surface area contributed by atoms with E-state index in [0.717, 1.165) is 12.2 Å². The van der Waals surface area contributed by atoms with Crippen molar-refractivity contribution < 1.29 is 5.11 Å². The standard InChI is InChI=1S/C13H18OS/c1-10-5-2-3-6-11(10)9-15-13-8-4-7-12(13)14/h2-3,5-6,12-14H,4,7-9H2,1H3. The minimum atomic E-state index is -0.0704. The van der Waals surface area contributed by atoms with Crippen LogP contribution in [-0.2, 0) is 5.75 Å². The summed E-state index contributed by atoms with van der Waals surface area (Å²) in [5, 5.41) is 10.2. The number of aliphatic hydroxyl groups excluding tert-OH is 1. The fourth-order valence-electron chi connectivity index (χ4n) is 2.07. The van der Waals surface area contributed by atoms with Crippen molar-refractivity contribution in [2.75, 3.05) is 0 Å². The fraction of sp³-hybridized carbons (Fsp3) is 0.538. The Kier molecular flexibility index (Phi) is 3.71. The molecule has 0 spiro atoms. The van der Waals surface area contributed by atoms with Crippen LogP contribution in [0.4, 0.5) is 0 Å². The van der Waals surface area contributed by atoms with Gasteiger partial charge in [0, 0.05) is 11.0 Å². The number of benzene rings is 1. The van der Waals surface area contributed by atoms with Gasteiger partial charge in [-0.25, -0.2) is 0 Å². The summed E-state index contributed by atoms with van der Waals surface area (Å²) in [5.74, 6) is 1.04. The number of hydrogen-bond acceptors (Lipinski definition) is 2. The molecule has 1 N–H and O–H groups in total. The monoisotopic (exact) mass is 222 g/mol. The minimum absolute atomic E-state index is 0.0704. The highest BCUT2D eigenvalue weighted by atomic mass is 32.2. The van der Waals surface area contributed by atoms with Crippen molar-refractivity contribution in [3.8, 4) is 0 Å². The number of hydrogen-bond donors (Lipinski definition) is 1. The lowest BCUT2D eigenvalue weighted by molar-refractivity contribution is 0.188. The largest absolute Gasteiger partial charge is 0.392 e. The van der Waals surface area contributed by atoms with Crippen molar-refractivity contribution in [1.82, 2.24) is 0 Å². The molecule has 2 rings (SSSR count). The molecule has 15 heavy (non-hydrogen) atoms. The molecule has 0 radical (unpaired) electrons. The van der Waals surface area contributed by atoms with Gasteiger partial charge in [0.25, 0.3) is 0 Å². The van der Waals surface area contributed by atoms with E-state index in [1.165, 1.54) is 24.0 Å². The number of aryl methyl sites for hydroxylation is 1. The van der Waals surface area contributed by atoms with Crippen LogP contribution in [0.2, 0.25) is 0 Å². The molecule has 1 saturated carbocycles. The van der Waals surface area contributed by atoms with Crippen LogP contribution in [0.3, 0.4) is 0 Å². The normalized spacial score (nSPS) is 25.7. The zero-order valence-electron chi connectivity index (χ0n) is 9.15. The van der Waals surface area contributed by atoms with Crippen molar-refractivity contribution >= 4 is 11.8 Å². The molecule has 0 aliphatic heterocycles. The molecule has 2 atom stereocenters. The second-order valence-electron chi connectivity index (χ2n) is 4.27. The molecule has 1 fully saturated rings. The molecule has 2 heteroatoms. The Morgan fingerprint density at radius 1 is 1.33 bits per heavy atom. The molecule has 0 saturated heterocycles. The quantitative estimate of drug-likeness (QED) is 0.848. The number of thioether (sulfide) groups is 1. The molecular formula is C13H18OS. The van der Waals surface area contributed by atoms with E-state index in [1.54, 1.807) is 0 Å². The Hall–Kier alpha value is -0.470. The van der Waals surface area contributed by atoms with E-state index < -0.39 is 0 Å². The van der Waals surface area contributed by atoms with E-state index in [0.29, 0.717) is 5.25 Å². The minimum Gasteiger partial charge on any atom is -0.392 e. The van der Waals surface area contributed by atoms with Crippen LogP contribution in [0.1, 0.15) is 30.4 Å². The molecule has 1 aliphatic carbocycles. The number of rotatable bonds is 3. The van der Waals surface area contributed by atoms with Crippen LogP contribution in [0.5, 0.6) is 0 Å². The zero-order valence-corrected chi connectivity index (χ0v) is 9.96. The van der Waals surface area contributed by atoms with Gasteiger partial charge in [-0.3, -0.25) is 0 Å². The zero-order chi connectivity index (χ0) is 10.7. The summed E-state index contributed by atoms with van der Waals surface area (Å²) in [6.07, 6.45) is 3.29. The van der Waals surface area contributed by atoms with Crippen LogP contribution < -0.4 is 0 Å². The van der Waals surface area contributed by atoms with Gasteiger partial charge >= 0.3 is 0 Å². The van der Waals surface area contributed by atoms with Crippen LogP contribution in [0.15, 0.2) is 24.3 Å². The Bertz CT molecular complexity index is 324. The lowest BCUT2D eigenvalue weighted by Crippen LogP contribution is -2.15. The molecule has 0 heterocycles. The summed E-state index contributed by atoms with van der Waals surface area (Å²) in [5.41, 5.74) is 2.76. The average Bonchev–Trinajstić information content (AvgIpc) is 2.63. The SMILES string of the molecule is Cc1ccccc1CSC1CCCC1O. The Morgan fingerprint density at radius 2 is 2.13 bits per heavy atom. The molecule has 2 unspecified atom stereocenters. The molecule has 0 aromatic heterocycles. The predicted molar refractivity (Wildman–Crippen MR) is 66.1 cm³/mol. The summed E-state index contributed by atoms with van der Waals surface area (Å²) < 4.78 is 0. The molecule has 1 aliphatic rings. The van der Waals surface area contributed by atoms with E-state index in [1.807, 2.05) is 11.8 Å². The maximum atomic E-state index is 9.72. The van der Waals surface area contributed by atoms with Crippen molar-refractivity contribution in [3.63, 3.8) is 0 Å². The van der Waals surface area contributed by atoms with E-state index in [9.17, 15) is 5.11 Å². The van der Waals surface area contributed by atoms with E-state index >= 15 is 0 Å². The lowest BCUT2D eigenvalue weighted by atomic mass is 10.1. The predicted octanol–water partition coefficient (Wildman–Crippen LogP) is 3.14. The van der Waals surface area contributed by atoms with Gasteiger partial charge in [0.05, 0.1) is 6.10 Å². The summed E-state index contributed by atoms with van der Waals surface area (Å²) in [6.45, 7) is 2.15. The first-order chi connectivity index (χ1) is 7.27. The topological polar surface area (TPSA) is 20.2 Å². The van der Waals surface area contributed by atoms with Gasteiger partial charge in [-0.05, 0) is 37.3 Å². The Labute approximate surface area is 95.9 Å². The highest BCUT2D eigenvalue weighted by Crippen LogP contribution is 2.32. The molecule has 1 nitrogen and oxygen atoms in total. The Morgan fingerprint density at radius 3 is 2.80 bits per heavy atom. The van der Waals surface area contributed by atoms with Gasteiger partial charge in [0.1, 0.15) is 0 Å². The molecular weight excluding hydrogens is 204 g/mol. The third kappa shape index (κ3) is 2.76. The van der Waals surface area contributed by atoms with Gasteiger partial charge < -0.3 is 5.11 Å². The fourth-order valence-corrected chi connectivity index (χ4v) is 3.48. The lowest BCUT2D eigenvalue weighted by Gasteiger charge is -2.14. The van der Waals surface area contributed by atoms with Gasteiger partial charge in [0.15, 0.2) is 0 Å². The maximum absolute atomic E-state index is 9.72. The van der Waals surface area contributed by atoms with E-state index in [4.69, 9.17) is 0 Å². The molecule has 0 amide bonds. The number of aliphatic hydroxyl groups is 1. The van der Waals surface area contributed by atoms with Crippen LogP contribution in [0, 0.1) is 6.92 Å². The Balaban J connectivity index is 1.90. The van der Waals surface area contributed by atoms with E-state index in [2.05, 4.69) is 31.2 Å². The summed E-state index contributed by atoms with van der Waals surface area (Å²) >= 11 is 1.91. The maximum Gasteiger partial charge on any atom is 0.0658 e. The second kappa shape index (κ2) is 5.04. The van der Waals surface area contributed by atoms with Crippen LogP contribution in [-0.4, -0.2) is 16.5 Å². The van der Waals surface area contributed by atoms with Crippen molar-refractivity contribution in [3.05, 3.63) is 35.4 Å². The van der Waals surface area contributed by atoms with Crippen LogP contribution in [0.25, 0.3) is 0 Å². The summed E-state index contributed by atoms with van der Waals surface area (Å²) in [7, 11) is 0. The molecule has 0 bridgehead atoms. The van der Waals surface area contributed by atoms with Gasteiger partial charge in [-0.15, -0.1) is 0 Å². The van der Waals surface area contributed by atoms with Crippen molar-refractivity contribution in [2.24, 2.45) is 0 Å². The van der Waals surface area contributed by atoms with E-state index in [-0.39, 0.29) is 6.10 Å². The second-order valence-corrected chi connectivity index (χ2v) is 5.50. The van der Waals surface area contributed by atoms with Gasteiger partial charge in [0.2, 0.25) is 0 Å². The van der Waals surface area contributed by atoms with Gasteiger partial charge in [-0.2, -0.15) is 11.8 Å². The summed E-state index contributed by atoms with van der Waals surface area (Å²) in [4.78, 5) is 0. The molecule has 82 valence electrons. The molecule has 1 aromatic carbocycles. The summed E-state index contributed by atoms with van der Waals surface area (Å²) in [6, 6.07) is 8.51. The third-order valence-corrected chi connectivity index (χ3v) is 4.59. The van der Waals surface area contributed by atoms with Gasteiger partial charge in [-0.1, -0.05) is 24.3 Å². The average molecular weight is 222 g/mol. The first-order valence-electron chi connectivity index (χ1n) is 5.61. The first kappa shape index (κ1) is 11.0. The highest BCUT2D eigenvalue weighted by Gasteiger charge is 2.25. The smallest absolute Gasteiger partial charge is 0.0658 e. The third-order valence-electron chi connectivity index (χ3n) is 3.13. The van der Waals surface area contributed by atoms with Crippen LogP contribution >= 0.6 is 11.8 Å². The molecule has 1 aromatic rings. The van der Waals surface area contributed by atoms with Crippen molar-refractivity contribution in [2.45, 2.75) is 43.3 Å². The highest BCUT2D eigenvalue weighted by molar-refractivity contribution is 7.99. The van der Waals surface area contributed by atoms with Crippen molar-refractivity contribution in [1.29, 1.82) is 0 Å².